The summed E-state index contributed by atoms with van der Waals surface area (Å²) in [6.07, 6.45) is 43.3. The van der Waals surface area contributed by atoms with Crippen LogP contribution >= 0.6 is 58.0 Å². The summed E-state index contributed by atoms with van der Waals surface area (Å²) >= 11 is 36.4. The molecule has 16 heteroatoms. The molecule has 82 heavy (non-hydrogen) atoms. The summed E-state index contributed by atoms with van der Waals surface area (Å²) in [4.78, 5) is 23.8. The standard InChI is InChI=1S/C66H133Cl5N6O4S/c1-8-13-18-23-28-33-39-61(67)56-74(46-44-66(78)72-45-54-77(6,7)53-38-55-82(79,80)81)50-47-73(48-51-75(57-62(68)40-34-29-24-19-14-9-2)58-63(69)41-35-30-25-20-15-10-3)49-52-76(59-64(70)42-36-31-26-21-16-11-4)60-65(71)43-37-32-27-22-17-12-5/h61-65H,8-60H2,1-7H3,(H-,72,78,79,80,81). The van der Waals surface area contributed by atoms with Gasteiger partial charge in [-0.3, -0.25) is 19.5 Å². The minimum absolute atomic E-state index is 0.00123. The molecule has 0 bridgehead atoms. The van der Waals surface area contributed by atoms with Crippen molar-refractivity contribution >= 4 is 74.0 Å². The highest BCUT2D eigenvalue weighted by Crippen LogP contribution is 2.21. The van der Waals surface area contributed by atoms with Crippen LogP contribution in [0.15, 0.2) is 0 Å². The van der Waals surface area contributed by atoms with Crippen LogP contribution in [-0.4, -0.2) is 188 Å². The van der Waals surface area contributed by atoms with Crippen LogP contribution < -0.4 is 5.32 Å². The molecule has 0 aliphatic heterocycles. The summed E-state index contributed by atoms with van der Waals surface area (Å²) in [6, 6.07) is 0. The summed E-state index contributed by atoms with van der Waals surface area (Å²) in [5, 5.41) is 3.44. The topological polar surface area (TPSA) is 99.3 Å². The number of alkyl halides is 5. The Hall–Kier alpha value is 0.630. The highest BCUT2D eigenvalue weighted by atomic mass is 35.5. The number of nitrogens with zero attached hydrogens (tertiary/aromatic N) is 5. The van der Waals surface area contributed by atoms with E-state index >= 15 is 0 Å². The number of unbranched alkanes of at least 4 members (excludes halogenated alkanes) is 25. The fourth-order valence-corrected chi connectivity index (χ4v) is 13.4. The summed E-state index contributed by atoms with van der Waals surface area (Å²) in [5.41, 5.74) is 0. The number of nitrogens with one attached hydrogen (secondary N) is 1. The first-order chi connectivity index (χ1) is 39.4. The normalized spacial score (nSPS) is 14.4. The second-order valence-corrected chi connectivity index (χ2v) is 30.1. The van der Waals surface area contributed by atoms with Gasteiger partial charge in [0.1, 0.15) is 0 Å². The minimum Gasteiger partial charge on any atom is -0.748 e. The number of hydrogen-bond donors (Lipinski definition) is 1. The van der Waals surface area contributed by atoms with Crippen molar-refractivity contribution in [2.24, 2.45) is 0 Å². The van der Waals surface area contributed by atoms with Crippen molar-refractivity contribution < 1.29 is 22.2 Å². The number of hydrogen-bond acceptors (Lipinski definition) is 8. The summed E-state index contributed by atoms with van der Waals surface area (Å²) < 4.78 is 34.2. The van der Waals surface area contributed by atoms with E-state index in [4.69, 9.17) is 58.0 Å². The van der Waals surface area contributed by atoms with E-state index in [2.05, 4.69) is 59.5 Å². The molecule has 0 spiro atoms. The molecule has 0 aliphatic rings. The van der Waals surface area contributed by atoms with Gasteiger partial charge >= 0.3 is 0 Å². The van der Waals surface area contributed by atoms with E-state index in [1.165, 1.54) is 186 Å². The van der Waals surface area contributed by atoms with Crippen LogP contribution in [0.2, 0.25) is 0 Å². The fraction of sp³-hybridized carbons (Fsp3) is 0.985. The van der Waals surface area contributed by atoms with Crippen molar-refractivity contribution in [1.29, 1.82) is 0 Å². The second kappa shape index (κ2) is 56.8. The Morgan fingerprint density at radius 2 is 0.659 bits per heavy atom. The molecular weight excluding hydrogens is 1150 g/mol. The van der Waals surface area contributed by atoms with Gasteiger partial charge in [0.25, 0.3) is 0 Å². The molecule has 0 fully saturated rings. The average molecular weight is 1280 g/mol. The first kappa shape index (κ1) is 82.6. The smallest absolute Gasteiger partial charge is 0.221 e. The molecule has 0 aromatic rings. The Kier molecular flexibility index (Phi) is 57.3. The number of rotatable bonds is 64. The van der Waals surface area contributed by atoms with E-state index in [1.54, 1.807) is 0 Å². The van der Waals surface area contributed by atoms with Crippen molar-refractivity contribution in [3.05, 3.63) is 0 Å². The van der Waals surface area contributed by atoms with Crippen LogP contribution in [0, 0.1) is 0 Å². The molecule has 1 amide bonds. The molecule has 0 heterocycles. The van der Waals surface area contributed by atoms with E-state index in [1.807, 2.05) is 14.1 Å². The molecule has 0 saturated carbocycles. The zero-order valence-electron chi connectivity index (χ0n) is 54.5. The monoisotopic (exact) mass is 1280 g/mol. The van der Waals surface area contributed by atoms with E-state index in [0.717, 1.165) is 111 Å². The molecule has 0 saturated heterocycles. The number of carbonyl (C=O) groups is 1. The van der Waals surface area contributed by atoms with Gasteiger partial charge in [-0.25, -0.2) is 8.42 Å². The Morgan fingerprint density at radius 1 is 0.390 bits per heavy atom. The summed E-state index contributed by atoms with van der Waals surface area (Å²) in [6.45, 7) is 22.8. The largest absolute Gasteiger partial charge is 0.748 e. The number of likely N-dealkylation sites (N-methyl/N-ethyl adjacent to an activating group) is 1. The van der Waals surface area contributed by atoms with Gasteiger partial charge in [-0.15, -0.1) is 58.0 Å². The predicted octanol–water partition coefficient (Wildman–Crippen LogP) is 17.5. The maximum Gasteiger partial charge on any atom is 0.221 e. The molecule has 0 aromatic carbocycles. The Bertz CT molecular complexity index is 1410. The Morgan fingerprint density at radius 3 is 0.963 bits per heavy atom. The van der Waals surface area contributed by atoms with Crippen LogP contribution in [-0.2, 0) is 14.9 Å². The highest BCUT2D eigenvalue weighted by molar-refractivity contribution is 7.85. The van der Waals surface area contributed by atoms with Crippen LogP contribution in [0.1, 0.15) is 272 Å². The summed E-state index contributed by atoms with van der Waals surface area (Å²) in [5.74, 6) is -0.370. The Labute approximate surface area is 534 Å². The molecule has 5 atom stereocenters. The number of halogens is 5. The van der Waals surface area contributed by atoms with Crippen molar-refractivity contribution in [2.45, 2.75) is 299 Å². The van der Waals surface area contributed by atoms with E-state index in [0.29, 0.717) is 43.5 Å². The average Bonchev–Trinajstić information content (AvgIpc) is 3.42. The molecule has 5 unspecified atom stereocenters. The Balaban J connectivity index is 6.74. The zero-order valence-corrected chi connectivity index (χ0v) is 59.1. The third-order valence-electron chi connectivity index (χ3n) is 16.7. The molecule has 0 radical (unpaired) electrons. The van der Waals surface area contributed by atoms with Gasteiger partial charge in [0.15, 0.2) is 0 Å². The van der Waals surface area contributed by atoms with Crippen LogP contribution in [0.3, 0.4) is 0 Å². The van der Waals surface area contributed by atoms with E-state index in [9.17, 15) is 17.8 Å². The van der Waals surface area contributed by atoms with Crippen molar-refractivity contribution in [2.75, 3.05) is 118 Å². The lowest BCUT2D eigenvalue weighted by molar-refractivity contribution is -0.889. The first-order valence-corrected chi connectivity index (χ1v) is 38.2. The summed E-state index contributed by atoms with van der Waals surface area (Å²) in [7, 11) is -0.246. The second-order valence-electron chi connectivity index (χ2n) is 25.5. The van der Waals surface area contributed by atoms with E-state index < -0.39 is 10.1 Å². The first-order valence-electron chi connectivity index (χ1n) is 34.5. The quantitative estimate of drug-likeness (QED) is 0.0278. The zero-order chi connectivity index (χ0) is 61.0. The highest BCUT2D eigenvalue weighted by Gasteiger charge is 2.23. The van der Waals surface area contributed by atoms with Gasteiger partial charge in [0.05, 0.1) is 43.8 Å². The van der Waals surface area contributed by atoms with Crippen molar-refractivity contribution in [3.63, 3.8) is 0 Å². The lowest BCUT2D eigenvalue weighted by Gasteiger charge is -2.34. The maximum atomic E-state index is 13.5. The van der Waals surface area contributed by atoms with Crippen molar-refractivity contribution in [1.82, 2.24) is 24.9 Å². The van der Waals surface area contributed by atoms with Gasteiger partial charge in [-0.1, -0.05) is 227 Å². The molecule has 0 rings (SSSR count). The molecule has 492 valence electrons. The molecule has 0 aliphatic carbocycles. The SMILES string of the molecule is CCCCCCCCC(Cl)CN(CCC(=O)NCC[N+](C)(C)CCCS(=O)(=O)[O-])CCN(CCN(CC(Cl)CCCCCCCC)CC(Cl)CCCCCCCC)CCN(CC(Cl)CCCCCCCC)CC(Cl)CCCCCCCC. The van der Waals surface area contributed by atoms with Gasteiger partial charge in [-0.2, -0.15) is 0 Å². The minimum atomic E-state index is -4.25. The predicted molar refractivity (Wildman–Crippen MR) is 363 cm³/mol. The number of carbonyl (C=O) groups excluding carboxylic acids is 1. The van der Waals surface area contributed by atoms with Crippen LogP contribution in [0.4, 0.5) is 0 Å². The molecule has 0 aromatic heterocycles. The maximum absolute atomic E-state index is 13.5. The van der Waals surface area contributed by atoms with E-state index in [-0.39, 0.29) is 38.5 Å². The number of quaternary nitrogens is 1. The fourth-order valence-electron chi connectivity index (χ4n) is 11.2. The third kappa shape index (κ3) is 55.9. The third-order valence-corrected chi connectivity index (χ3v) is 19.3. The number of amides is 1. The van der Waals surface area contributed by atoms with Gasteiger partial charge in [0, 0.05) is 124 Å². The van der Waals surface area contributed by atoms with Crippen LogP contribution in [0.25, 0.3) is 0 Å². The van der Waals surface area contributed by atoms with Crippen LogP contribution in [0.5, 0.6) is 0 Å². The van der Waals surface area contributed by atoms with Gasteiger partial charge in [0.2, 0.25) is 5.91 Å². The van der Waals surface area contributed by atoms with Gasteiger partial charge in [-0.05, 0) is 32.1 Å². The molecular formula is C66H133Cl5N6O4S. The lowest BCUT2D eigenvalue weighted by Crippen LogP contribution is -2.47. The lowest BCUT2D eigenvalue weighted by atomic mass is 10.1. The van der Waals surface area contributed by atoms with Crippen molar-refractivity contribution in [3.8, 4) is 0 Å². The van der Waals surface area contributed by atoms with Gasteiger partial charge < -0.3 is 19.3 Å². The molecule has 10 nitrogen and oxygen atoms in total. The molecule has 1 N–H and O–H groups in total.